The summed E-state index contributed by atoms with van der Waals surface area (Å²) in [5, 5.41) is 7.81. The highest BCUT2D eigenvalue weighted by Gasteiger charge is 2.42. The van der Waals surface area contributed by atoms with E-state index in [1.165, 1.54) is 81.8 Å². The van der Waals surface area contributed by atoms with Crippen molar-refractivity contribution in [2.45, 2.75) is 85.5 Å². The number of para-hydroxylation sites is 1. The minimum atomic E-state index is -2.98. The smallest absolute Gasteiger partial charge is 0.179 e. The van der Waals surface area contributed by atoms with Gasteiger partial charge in [-0.25, -0.2) is 4.98 Å². The van der Waals surface area contributed by atoms with Crippen LogP contribution in [0.3, 0.4) is 0 Å². The fourth-order valence-electron chi connectivity index (χ4n) is 10.6. The van der Waals surface area contributed by atoms with E-state index < -0.39 is 8.07 Å². The van der Waals surface area contributed by atoms with E-state index in [2.05, 4.69) is 265 Å². The molecule has 5 heteroatoms. The summed E-state index contributed by atoms with van der Waals surface area (Å²) >= 11 is 0. The number of hydrogen-bond donors (Lipinski definition) is 0. The van der Waals surface area contributed by atoms with Crippen LogP contribution in [-0.4, -0.2) is 24.3 Å². The number of aromatic nitrogens is 2. The molecule has 2 aromatic heterocycles. The fraction of sp³-hybridized carbons (Fsp3) is 0.222. The third kappa shape index (κ3) is 7.96. The molecule has 0 spiro atoms. The fourth-order valence-corrected chi connectivity index (χ4v) is 15.4. The normalized spacial score (nSPS) is 13.3. The molecule has 0 unspecified atom stereocenters. The van der Waals surface area contributed by atoms with Crippen LogP contribution in [0, 0.1) is 0 Å². The summed E-state index contributed by atoms with van der Waals surface area (Å²) in [4.78, 5) is 9.84. The molecule has 10 rings (SSSR count). The van der Waals surface area contributed by atoms with Crippen molar-refractivity contribution < 1.29 is 0 Å². The first-order valence-electron chi connectivity index (χ1n) is 24.5. The first kappa shape index (κ1) is 44.9. The molecule has 3 heterocycles. The molecule has 0 saturated heterocycles. The van der Waals surface area contributed by atoms with Crippen LogP contribution in [0.5, 0.6) is 0 Å². The SMILES string of the molecule is CC(C)c1cc(C(C)C)c(-c2cccc(N3C=CN(c4cccc([Si](c5ccccc5)(c5ccccc5)c5ccc6c7ccccc7n(-c7cc(C(C)(C)C)ccn7)c6c5)c4)C3)c2)c(C(C)C)c1. The van der Waals surface area contributed by atoms with E-state index in [0.717, 1.165) is 11.3 Å². The molecular formula is C63H64N4Si. The summed E-state index contributed by atoms with van der Waals surface area (Å²) in [7, 11) is -2.98. The maximum atomic E-state index is 5.05. The van der Waals surface area contributed by atoms with E-state index in [9.17, 15) is 0 Å². The van der Waals surface area contributed by atoms with Gasteiger partial charge in [0.25, 0.3) is 0 Å². The van der Waals surface area contributed by atoms with Gasteiger partial charge in [0.05, 0.1) is 17.7 Å². The molecule has 9 aromatic rings. The highest BCUT2D eigenvalue weighted by atomic mass is 28.3. The van der Waals surface area contributed by atoms with E-state index in [0.29, 0.717) is 24.4 Å². The van der Waals surface area contributed by atoms with Crippen LogP contribution in [0.1, 0.15) is 102 Å². The Labute approximate surface area is 405 Å². The molecule has 1 aliphatic heterocycles. The largest absolute Gasteiger partial charge is 0.328 e. The first-order chi connectivity index (χ1) is 32.8. The maximum absolute atomic E-state index is 5.05. The van der Waals surface area contributed by atoms with Crippen LogP contribution in [0.25, 0.3) is 38.8 Å². The van der Waals surface area contributed by atoms with Gasteiger partial charge in [0.15, 0.2) is 8.07 Å². The summed E-state index contributed by atoms with van der Waals surface area (Å²) in [5.41, 5.74) is 12.9. The second kappa shape index (κ2) is 17.9. The van der Waals surface area contributed by atoms with E-state index >= 15 is 0 Å². The van der Waals surface area contributed by atoms with Gasteiger partial charge < -0.3 is 9.80 Å². The Bertz CT molecular complexity index is 3230. The highest BCUT2D eigenvalue weighted by molar-refractivity contribution is 7.20. The standard InChI is InChI=1S/C63H64N4Si/c1-43(2)47-37-57(44(3)4)62(58(38-47)45(5)6)46-20-18-21-49(36-46)65-34-35-66(42-65)50-22-19-27-53(40-50)68(51-23-12-10-13-24-51,52-25-14-11-15-26-52)54-30-31-56-55-28-16-17-29-59(55)67(60(56)41-54)61-39-48(32-33-64-61)63(7,8)9/h10-41,43-45H,42H2,1-9H3. The molecular weight excluding hydrogens is 841 g/mol. The zero-order valence-corrected chi connectivity index (χ0v) is 42.2. The van der Waals surface area contributed by atoms with Gasteiger partial charge in [0.2, 0.25) is 0 Å². The van der Waals surface area contributed by atoms with Crippen molar-refractivity contribution in [3.63, 3.8) is 0 Å². The maximum Gasteiger partial charge on any atom is 0.179 e. The van der Waals surface area contributed by atoms with Crippen molar-refractivity contribution in [2.24, 2.45) is 0 Å². The van der Waals surface area contributed by atoms with Crippen LogP contribution in [0.4, 0.5) is 11.4 Å². The molecule has 0 N–H and O–H groups in total. The van der Waals surface area contributed by atoms with Gasteiger partial charge in [0.1, 0.15) is 5.82 Å². The lowest BCUT2D eigenvalue weighted by Gasteiger charge is -2.35. The Kier molecular flexibility index (Phi) is 11.8. The van der Waals surface area contributed by atoms with Crippen molar-refractivity contribution in [2.75, 3.05) is 16.5 Å². The summed E-state index contributed by atoms with van der Waals surface area (Å²) in [6, 6.07) is 66.6. The second-order valence-corrected chi connectivity index (χ2v) is 24.5. The Morgan fingerprint density at radius 3 is 1.66 bits per heavy atom. The molecule has 4 nitrogen and oxygen atoms in total. The lowest BCUT2D eigenvalue weighted by Crippen LogP contribution is -2.74. The number of hydrogen-bond acceptors (Lipinski definition) is 3. The number of rotatable bonds is 11. The Morgan fingerprint density at radius 1 is 0.485 bits per heavy atom. The van der Waals surface area contributed by atoms with Gasteiger partial charge in [-0.15, -0.1) is 0 Å². The van der Waals surface area contributed by atoms with Crippen LogP contribution in [0.2, 0.25) is 0 Å². The predicted octanol–water partition coefficient (Wildman–Crippen LogP) is 13.6. The average molecular weight is 905 g/mol. The molecule has 0 bridgehead atoms. The summed E-state index contributed by atoms with van der Waals surface area (Å²) in [5.74, 6) is 2.25. The molecule has 0 fully saturated rings. The number of fused-ring (bicyclic) bond motifs is 3. The molecule has 68 heavy (non-hydrogen) atoms. The van der Waals surface area contributed by atoms with Gasteiger partial charge in [-0.2, -0.15) is 0 Å². The topological polar surface area (TPSA) is 24.3 Å². The number of nitrogens with zero attached hydrogens (tertiary/aromatic N) is 4. The van der Waals surface area contributed by atoms with Crippen LogP contribution >= 0.6 is 0 Å². The number of pyridine rings is 1. The average Bonchev–Trinajstić information content (AvgIpc) is 3.98. The third-order valence-electron chi connectivity index (χ3n) is 14.3. The van der Waals surface area contributed by atoms with Gasteiger partial charge in [0, 0.05) is 40.7 Å². The number of benzene rings is 7. The van der Waals surface area contributed by atoms with Crippen molar-refractivity contribution >= 4 is 62.0 Å². The minimum Gasteiger partial charge on any atom is -0.328 e. The lowest BCUT2D eigenvalue weighted by molar-refractivity contribution is 0.588. The summed E-state index contributed by atoms with van der Waals surface area (Å²) < 4.78 is 2.39. The Morgan fingerprint density at radius 2 is 1.04 bits per heavy atom. The van der Waals surface area contributed by atoms with Crippen molar-refractivity contribution in [3.8, 4) is 16.9 Å². The molecule has 340 valence electrons. The zero-order chi connectivity index (χ0) is 47.3. The quantitative estimate of drug-likeness (QED) is 0.0955. The van der Waals surface area contributed by atoms with E-state index in [1.54, 1.807) is 0 Å². The lowest BCUT2D eigenvalue weighted by atomic mass is 9.81. The van der Waals surface area contributed by atoms with Crippen molar-refractivity contribution in [1.29, 1.82) is 0 Å². The molecule has 1 aliphatic rings. The van der Waals surface area contributed by atoms with Gasteiger partial charge in [-0.1, -0.05) is 190 Å². The monoisotopic (exact) mass is 904 g/mol. The first-order valence-corrected chi connectivity index (χ1v) is 26.5. The van der Waals surface area contributed by atoms with Crippen LogP contribution in [0.15, 0.2) is 195 Å². The zero-order valence-electron chi connectivity index (χ0n) is 41.2. The van der Waals surface area contributed by atoms with Crippen LogP contribution in [-0.2, 0) is 5.41 Å². The van der Waals surface area contributed by atoms with Gasteiger partial charge in [-0.3, -0.25) is 4.57 Å². The molecule has 0 aliphatic carbocycles. The van der Waals surface area contributed by atoms with Gasteiger partial charge in [-0.05, 0) is 126 Å². The van der Waals surface area contributed by atoms with E-state index in [1.807, 2.05) is 6.20 Å². The molecule has 0 radical (unpaired) electrons. The third-order valence-corrected chi connectivity index (χ3v) is 19.1. The predicted molar refractivity (Wildman–Crippen MR) is 294 cm³/mol. The van der Waals surface area contributed by atoms with Crippen LogP contribution < -0.4 is 30.5 Å². The summed E-state index contributed by atoms with van der Waals surface area (Å²) in [6.45, 7) is 21.5. The molecule has 0 amide bonds. The Balaban J connectivity index is 1.10. The number of anilines is 2. The van der Waals surface area contributed by atoms with Gasteiger partial charge >= 0.3 is 0 Å². The minimum absolute atomic E-state index is 0.0178. The van der Waals surface area contributed by atoms with E-state index in [4.69, 9.17) is 4.98 Å². The molecule has 0 atom stereocenters. The van der Waals surface area contributed by atoms with Crippen molar-refractivity contribution in [3.05, 3.63) is 217 Å². The molecule has 7 aromatic carbocycles. The van der Waals surface area contributed by atoms with Crippen molar-refractivity contribution in [1.82, 2.24) is 9.55 Å². The summed E-state index contributed by atoms with van der Waals surface area (Å²) in [6.07, 6.45) is 6.47. The second-order valence-electron chi connectivity index (χ2n) is 20.7. The van der Waals surface area contributed by atoms with E-state index in [-0.39, 0.29) is 5.41 Å². The Hall–Kier alpha value is -6.95. The molecule has 0 saturated carbocycles. The highest BCUT2D eigenvalue weighted by Crippen LogP contribution is 2.40.